The summed E-state index contributed by atoms with van der Waals surface area (Å²) in [4.78, 5) is 72.7. The van der Waals surface area contributed by atoms with Gasteiger partial charge in [-0.25, -0.2) is 9.29 Å². The van der Waals surface area contributed by atoms with Crippen LogP contribution in [0.15, 0.2) is 103 Å². The second-order valence-corrected chi connectivity index (χ2v) is 14.4. The number of phenols is 1. The molecule has 11 heteroatoms. The van der Waals surface area contributed by atoms with E-state index in [1.165, 1.54) is 30.2 Å². The predicted molar refractivity (Wildman–Crippen MR) is 189 cm³/mol. The zero-order chi connectivity index (χ0) is 36.6. The molecule has 6 unspecified atom stereocenters. The summed E-state index contributed by atoms with van der Waals surface area (Å²) in [5.41, 5.74) is 1.36. The first-order valence-electron chi connectivity index (χ1n) is 16.9. The molecule has 2 saturated heterocycles. The zero-order valence-corrected chi connectivity index (χ0v) is 28.8. The molecular formula is C41H32ClFN2O7. The Morgan fingerprint density at radius 2 is 1.54 bits per heavy atom. The second kappa shape index (κ2) is 12.3. The fraction of sp³-hybridized carbons (Fsp3) is 0.244. The number of amides is 4. The number of aromatic hydroxyl groups is 1. The highest BCUT2D eigenvalue weighted by Crippen LogP contribution is 2.64. The Morgan fingerprint density at radius 3 is 2.23 bits per heavy atom. The van der Waals surface area contributed by atoms with E-state index in [9.17, 15) is 33.5 Å². The lowest BCUT2D eigenvalue weighted by molar-refractivity contribution is -0.131. The van der Waals surface area contributed by atoms with E-state index < -0.39 is 58.5 Å². The van der Waals surface area contributed by atoms with Crippen LogP contribution in [0.4, 0.5) is 15.8 Å². The van der Waals surface area contributed by atoms with E-state index in [0.29, 0.717) is 22.4 Å². The van der Waals surface area contributed by atoms with Crippen molar-refractivity contribution in [1.29, 1.82) is 0 Å². The van der Waals surface area contributed by atoms with Crippen LogP contribution in [-0.4, -0.2) is 41.6 Å². The highest BCUT2D eigenvalue weighted by atomic mass is 35.5. The van der Waals surface area contributed by atoms with Gasteiger partial charge in [-0.3, -0.25) is 28.9 Å². The van der Waals surface area contributed by atoms with Crippen molar-refractivity contribution in [3.63, 3.8) is 0 Å². The van der Waals surface area contributed by atoms with Crippen molar-refractivity contribution in [2.24, 2.45) is 29.1 Å². The maximum absolute atomic E-state index is 14.6. The summed E-state index contributed by atoms with van der Waals surface area (Å²) in [7, 11) is 1.41. The number of nitrogens with zero attached hydrogens (tertiary/aromatic N) is 2. The van der Waals surface area contributed by atoms with Gasteiger partial charge in [0, 0.05) is 17.0 Å². The number of hydrogen-bond donors (Lipinski definition) is 1. The second-order valence-electron chi connectivity index (χ2n) is 13.9. The number of halogens is 2. The third-order valence-corrected chi connectivity index (χ3v) is 11.7. The molecular weight excluding hydrogens is 687 g/mol. The fourth-order valence-electron chi connectivity index (χ4n) is 8.91. The van der Waals surface area contributed by atoms with Gasteiger partial charge < -0.3 is 9.84 Å². The largest absolute Gasteiger partial charge is 0.504 e. The van der Waals surface area contributed by atoms with Gasteiger partial charge in [-0.2, -0.15) is 0 Å². The van der Waals surface area contributed by atoms with Crippen molar-refractivity contribution in [2.45, 2.75) is 25.7 Å². The quantitative estimate of drug-likeness (QED) is 0.131. The zero-order valence-electron chi connectivity index (χ0n) is 28.1. The average molecular weight is 719 g/mol. The Labute approximate surface area is 303 Å². The molecule has 0 radical (unpaired) electrons. The summed E-state index contributed by atoms with van der Waals surface area (Å²) >= 11 is 6.09. The molecule has 1 N–H and O–H groups in total. The average Bonchev–Trinajstić information content (AvgIpc) is 3.52. The van der Waals surface area contributed by atoms with Gasteiger partial charge >= 0.3 is 0 Å². The summed E-state index contributed by atoms with van der Waals surface area (Å²) in [6.45, 7) is 1.72. The lowest BCUT2D eigenvalue weighted by atomic mass is 9.51. The summed E-state index contributed by atoms with van der Waals surface area (Å²) < 4.78 is 19.6. The normalized spacial score (nSPS) is 26.5. The number of ether oxygens (including phenoxy) is 1. The van der Waals surface area contributed by atoms with Crippen LogP contribution in [0.3, 0.4) is 0 Å². The van der Waals surface area contributed by atoms with E-state index in [1.54, 1.807) is 67.6 Å². The highest BCUT2D eigenvalue weighted by Gasteiger charge is 2.67. The topological polar surface area (TPSA) is 121 Å². The molecule has 2 aliphatic carbocycles. The molecule has 4 aromatic carbocycles. The molecule has 4 aliphatic rings. The number of carbonyl (C=O) groups is 5. The van der Waals surface area contributed by atoms with Gasteiger partial charge in [-0.15, -0.1) is 0 Å². The van der Waals surface area contributed by atoms with Crippen LogP contribution in [0, 0.1) is 34.9 Å². The van der Waals surface area contributed by atoms with Crippen molar-refractivity contribution in [2.75, 3.05) is 16.9 Å². The summed E-state index contributed by atoms with van der Waals surface area (Å²) in [5.74, 6) is -6.43. The molecule has 0 aromatic heterocycles. The van der Waals surface area contributed by atoms with Crippen LogP contribution in [0.2, 0.25) is 5.02 Å². The number of imide groups is 2. The third-order valence-electron chi connectivity index (χ3n) is 11.4. The van der Waals surface area contributed by atoms with E-state index in [0.717, 1.165) is 16.5 Å². The summed E-state index contributed by atoms with van der Waals surface area (Å²) in [6, 6.07) is 23.6. The molecule has 2 aliphatic heterocycles. The number of fused-ring (bicyclic) bond motifs is 4. The number of carbonyl (C=O) groups excluding carboxylic acids is 5. The Bertz CT molecular complexity index is 2240. The first kappa shape index (κ1) is 33.5. The maximum atomic E-state index is 14.6. The molecule has 4 aromatic rings. The van der Waals surface area contributed by atoms with Crippen LogP contribution in [0.1, 0.15) is 47.2 Å². The van der Waals surface area contributed by atoms with E-state index in [4.69, 9.17) is 16.3 Å². The number of methoxy groups -OCH3 is 1. The van der Waals surface area contributed by atoms with Crippen LogP contribution >= 0.6 is 11.6 Å². The maximum Gasteiger partial charge on any atom is 0.241 e. The van der Waals surface area contributed by atoms with Crippen molar-refractivity contribution < 1.29 is 38.2 Å². The molecule has 0 spiro atoms. The Kier molecular flexibility index (Phi) is 7.91. The number of phenolic OH excluding ortho intramolecular Hbond substituents is 1. The Morgan fingerprint density at radius 1 is 0.846 bits per heavy atom. The van der Waals surface area contributed by atoms with Crippen molar-refractivity contribution in [3.8, 4) is 11.5 Å². The number of ketones is 1. The van der Waals surface area contributed by atoms with Gasteiger partial charge in [0.05, 0.1) is 46.7 Å². The van der Waals surface area contributed by atoms with Gasteiger partial charge in [0.2, 0.25) is 23.6 Å². The monoisotopic (exact) mass is 718 g/mol. The predicted octanol–water partition coefficient (Wildman–Crippen LogP) is 6.86. The summed E-state index contributed by atoms with van der Waals surface area (Å²) in [6.07, 6.45) is 2.26. The fourth-order valence-corrected chi connectivity index (χ4v) is 9.09. The van der Waals surface area contributed by atoms with Gasteiger partial charge in [0.25, 0.3) is 0 Å². The van der Waals surface area contributed by atoms with Gasteiger partial charge in [-0.1, -0.05) is 59.6 Å². The number of rotatable bonds is 6. The van der Waals surface area contributed by atoms with E-state index in [1.807, 2.05) is 12.1 Å². The van der Waals surface area contributed by atoms with E-state index >= 15 is 0 Å². The Hall–Kier alpha value is -5.61. The molecule has 8 rings (SSSR count). The molecule has 4 amide bonds. The smallest absolute Gasteiger partial charge is 0.241 e. The number of allylic oxidation sites excluding steroid dienone is 2. The van der Waals surface area contributed by atoms with Gasteiger partial charge in [0.1, 0.15) is 5.82 Å². The standard InChI is InChI=1S/C41H32ClFN2O7/c1-41-29(38(49)45(40(41)51)25-13-16-31(43)30(42)19-25)20-28-26(35(41)23-10-17-32(46)33(18-23)52-2)14-15-27-34(28)39(50)44(37(27)48)24-11-8-22(9-12-24)36(47)21-6-4-3-5-7-21/h3-14,16-19,27-29,34-35,46H,15,20H2,1-2H3. The van der Waals surface area contributed by atoms with Crippen molar-refractivity contribution in [3.05, 3.63) is 130 Å². The molecule has 262 valence electrons. The molecule has 0 bridgehead atoms. The first-order chi connectivity index (χ1) is 24.9. The van der Waals surface area contributed by atoms with Gasteiger partial charge in [-0.05, 0) is 85.8 Å². The van der Waals surface area contributed by atoms with E-state index in [-0.39, 0.29) is 46.7 Å². The lowest BCUT2D eigenvalue weighted by Gasteiger charge is -2.49. The van der Waals surface area contributed by atoms with Crippen LogP contribution in [0.25, 0.3) is 0 Å². The molecule has 9 nitrogen and oxygen atoms in total. The molecule has 2 heterocycles. The lowest BCUT2D eigenvalue weighted by Crippen LogP contribution is -2.48. The number of anilines is 2. The Balaban J connectivity index is 1.19. The SMILES string of the molecule is COc1cc(C2C3=CCC4C(=O)N(c5ccc(C(=O)c6ccccc6)cc5)C(=O)C4C3CC3C(=O)N(c4ccc(F)c(Cl)c4)C(=O)C32C)ccc1O. The summed E-state index contributed by atoms with van der Waals surface area (Å²) in [5, 5.41) is 10.2. The van der Waals surface area contributed by atoms with E-state index in [2.05, 4.69) is 0 Å². The van der Waals surface area contributed by atoms with Gasteiger partial charge in [0.15, 0.2) is 17.3 Å². The first-order valence-corrected chi connectivity index (χ1v) is 17.3. The molecule has 3 fully saturated rings. The highest BCUT2D eigenvalue weighted by molar-refractivity contribution is 6.32. The van der Waals surface area contributed by atoms with Crippen molar-refractivity contribution in [1.82, 2.24) is 0 Å². The minimum atomic E-state index is -1.36. The minimum absolute atomic E-state index is 0.113. The van der Waals surface area contributed by atoms with Crippen molar-refractivity contribution >= 4 is 52.4 Å². The third kappa shape index (κ3) is 4.84. The molecule has 1 saturated carbocycles. The number of hydrogen-bond acceptors (Lipinski definition) is 7. The van der Waals surface area contributed by atoms with Crippen LogP contribution < -0.4 is 14.5 Å². The van der Waals surface area contributed by atoms with Crippen LogP contribution in [0.5, 0.6) is 11.5 Å². The molecule has 52 heavy (non-hydrogen) atoms. The van der Waals surface area contributed by atoms with Crippen LogP contribution in [-0.2, 0) is 19.2 Å². The molecule has 6 atom stereocenters. The minimum Gasteiger partial charge on any atom is -0.504 e. The number of benzene rings is 4.